The minimum atomic E-state index is 0. The van der Waals surface area contributed by atoms with Gasteiger partial charge in [0, 0.05) is 24.4 Å². The van der Waals surface area contributed by atoms with Gasteiger partial charge in [-0.3, -0.25) is 4.79 Å². The summed E-state index contributed by atoms with van der Waals surface area (Å²) in [6, 6.07) is 9.80. The van der Waals surface area contributed by atoms with Crippen LogP contribution in [0, 0.1) is 0 Å². The lowest BCUT2D eigenvalue weighted by atomic mass is 9.99. The van der Waals surface area contributed by atoms with Crippen LogP contribution in [0.1, 0.15) is 12.0 Å². The van der Waals surface area contributed by atoms with Crippen LogP contribution in [0.25, 0.3) is 16.9 Å². The van der Waals surface area contributed by atoms with Crippen molar-refractivity contribution in [2.24, 2.45) is 0 Å². The molecule has 0 spiro atoms. The van der Waals surface area contributed by atoms with Crippen LogP contribution in [0.2, 0.25) is 5.02 Å². The number of nitrogens with one attached hydrogen (secondary N) is 1. The number of halogens is 2. The normalized spacial score (nSPS) is 13.4. The van der Waals surface area contributed by atoms with Gasteiger partial charge in [-0.05, 0) is 36.2 Å². The average molecular weight is 334 g/mol. The lowest BCUT2D eigenvalue weighted by Crippen LogP contribution is -2.19. The van der Waals surface area contributed by atoms with Crippen molar-refractivity contribution in [3.05, 3.63) is 53.3 Å². The molecule has 0 fully saturated rings. The quantitative estimate of drug-likeness (QED) is 0.732. The monoisotopic (exact) mass is 333 g/mol. The summed E-state index contributed by atoms with van der Waals surface area (Å²) < 4.78 is 1.98. The second-order valence-electron chi connectivity index (χ2n) is 5.13. The molecule has 112 valence electrons. The lowest BCUT2D eigenvalue weighted by molar-refractivity contribution is -0.116. The summed E-state index contributed by atoms with van der Waals surface area (Å²) in [5.74, 6) is 0.0184. The summed E-state index contributed by atoms with van der Waals surface area (Å²) in [6.45, 7) is 0. The van der Waals surface area contributed by atoms with Crippen molar-refractivity contribution in [1.29, 1.82) is 0 Å². The van der Waals surface area contributed by atoms with Crippen molar-refractivity contribution in [3.63, 3.8) is 0 Å². The molecule has 1 N–H and O–H groups in total. The van der Waals surface area contributed by atoms with Gasteiger partial charge < -0.3 is 9.72 Å². The number of imidazole rings is 1. The zero-order valence-corrected chi connectivity index (χ0v) is 13.1. The topological polar surface area (TPSA) is 46.4 Å². The third-order valence-electron chi connectivity index (χ3n) is 3.72. The van der Waals surface area contributed by atoms with Gasteiger partial charge in [0.05, 0.1) is 16.4 Å². The summed E-state index contributed by atoms with van der Waals surface area (Å²) in [6.07, 6.45) is 5.15. The largest absolute Gasteiger partial charge is 0.325 e. The summed E-state index contributed by atoms with van der Waals surface area (Å²) in [4.78, 5) is 16.1. The molecule has 22 heavy (non-hydrogen) atoms. The number of rotatable bonds is 1. The van der Waals surface area contributed by atoms with Crippen LogP contribution < -0.4 is 5.32 Å². The first-order valence-corrected chi connectivity index (χ1v) is 7.15. The molecule has 4 rings (SSSR count). The summed E-state index contributed by atoms with van der Waals surface area (Å²) in [5, 5.41) is 3.40. The number of aryl methyl sites for hydroxylation is 1. The van der Waals surface area contributed by atoms with E-state index in [1.165, 1.54) is 0 Å². The van der Waals surface area contributed by atoms with Crippen LogP contribution in [0.3, 0.4) is 0 Å². The van der Waals surface area contributed by atoms with Crippen molar-refractivity contribution in [2.75, 3.05) is 5.32 Å². The van der Waals surface area contributed by atoms with Crippen molar-refractivity contribution in [2.45, 2.75) is 12.8 Å². The van der Waals surface area contributed by atoms with Gasteiger partial charge in [-0.15, -0.1) is 12.4 Å². The number of fused-ring (bicyclic) bond motifs is 2. The Kier molecular flexibility index (Phi) is 3.81. The molecule has 1 aliphatic rings. The highest BCUT2D eigenvalue weighted by Crippen LogP contribution is 2.35. The number of hydrogen-bond acceptors (Lipinski definition) is 2. The molecule has 3 aromatic rings. The third-order valence-corrected chi connectivity index (χ3v) is 4.02. The van der Waals surface area contributed by atoms with E-state index in [1.54, 1.807) is 0 Å². The number of benzene rings is 1. The number of carbonyl (C=O) groups excluding carboxylic acids is 1. The van der Waals surface area contributed by atoms with Crippen LogP contribution in [-0.4, -0.2) is 15.3 Å². The molecule has 2 aromatic heterocycles. The predicted molar refractivity (Wildman–Crippen MR) is 89.8 cm³/mol. The smallest absolute Gasteiger partial charge is 0.224 e. The number of hydrogen-bond donors (Lipinski definition) is 1. The van der Waals surface area contributed by atoms with Gasteiger partial charge in [0.2, 0.25) is 5.91 Å². The second kappa shape index (κ2) is 5.63. The number of amides is 1. The van der Waals surface area contributed by atoms with Gasteiger partial charge in [-0.25, -0.2) is 4.98 Å². The molecule has 6 heteroatoms. The molecule has 0 saturated heterocycles. The molecule has 0 radical (unpaired) electrons. The summed E-state index contributed by atoms with van der Waals surface area (Å²) in [5.41, 5.74) is 4.55. The Balaban J connectivity index is 0.00000144. The summed E-state index contributed by atoms with van der Waals surface area (Å²) in [7, 11) is 0. The van der Waals surface area contributed by atoms with E-state index in [4.69, 9.17) is 11.6 Å². The Morgan fingerprint density at radius 2 is 2.09 bits per heavy atom. The van der Waals surface area contributed by atoms with Gasteiger partial charge in [-0.1, -0.05) is 17.7 Å². The van der Waals surface area contributed by atoms with Crippen molar-refractivity contribution in [3.8, 4) is 11.3 Å². The molecule has 0 bridgehead atoms. The Morgan fingerprint density at radius 3 is 2.91 bits per heavy atom. The van der Waals surface area contributed by atoms with Crippen molar-refractivity contribution in [1.82, 2.24) is 9.38 Å². The van der Waals surface area contributed by atoms with E-state index in [-0.39, 0.29) is 18.3 Å². The molecule has 1 aromatic carbocycles. The number of nitrogens with zero attached hydrogens (tertiary/aromatic N) is 2. The molecule has 1 amide bonds. The van der Waals surface area contributed by atoms with E-state index in [0.29, 0.717) is 17.9 Å². The average Bonchev–Trinajstić information content (AvgIpc) is 2.92. The van der Waals surface area contributed by atoms with Crippen LogP contribution in [0.15, 0.2) is 42.7 Å². The first kappa shape index (κ1) is 14.9. The van der Waals surface area contributed by atoms with Gasteiger partial charge in [0.25, 0.3) is 0 Å². The van der Waals surface area contributed by atoms with Gasteiger partial charge >= 0.3 is 0 Å². The standard InChI is InChI=1S/C16H12ClN3O.ClH/c17-12-8-11(7-10-4-5-15(21)19-16(10)12)13-9-20-6-2-1-3-14(20)18-13;/h1-3,6-9H,4-5H2,(H,19,21);1H. The highest BCUT2D eigenvalue weighted by Gasteiger charge is 2.19. The Morgan fingerprint density at radius 1 is 1.23 bits per heavy atom. The zero-order valence-electron chi connectivity index (χ0n) is 11.5. The van der Waals surface area contributed by atoms with Crippen LogP contribution in [0.5, 0.6) is 0 Å². The molecule has 0 aliphatic carbocycles. The minimum Gasteiger partial charge on any atom is -0.325 e. The fourth-order valence-electron chi connectivity index (χ4n) is 2.67. The second-order valence-corrected chi connectivity index (χ2v) is 5.54. The molecular formula is C16H13Cl2N3O. The van der Waals surface area contributed by atoms with Crippen molar-refractivity contribution >= 4 is 41.2 Å². The number of pyridine rings is 1. The van der Waals surface area contributed by atoms with E-state index in [2.05, 4.69) is 16.4 Å². The molecule has 4 nitrogen and oxygen atoms in total. The molecule has 0 unspecified atom stereocenters. The fourth-order valence-corrected chi connectivity index (χ4v) is 2.96. The van der Waals surface area contributed by atoms with Gasteiger partial charge in [0.15, 0.2) is 0 Å². The zero-order chi connectivity index (χ0) is 14.4. The van der Waals surface area contributed by atoms with Gasteiger partial charge in [-0.2, -0.15) is 0 Å². The Bertz CT molecular complexity index is 840. The molecule has 0 atom stereocenters. The van der Waals surface area contributed by atoms with E-state index in [9.17, 15) is 4.79 Å². The van der Waals surface area contributed by atoms with Crippen LogP contribution in [0.4, 0.5) is 5.69 Å². The number of aromatic nitrogens is 2. The molecule has 3 heterocycles. The first-order chi connectivity index (χ1) is 10.2. The van der Waals surface area contributed by atoms with E-state index in [0.717, 1.165) is 28.2 Å². The molecular weight excluding hydrogens is 321 g/mol. The highest BCUT2D eigenvalue weighted by molar-refractivity contribution is 6.34. The highest BCUT2D eigenvalue weighted by atomic mass is 35.5. The van der Waals surface area contributed by atoms with E-state index < -0.39 is 0 Å². The maximum atomic E-state index is 11.5. The van der Waals surface area contributed by atoms with Gasteiger partial charge in [0.1, 0.15) is 5.65 Å². The van der Waals surface area contributed by atoms with Crippen LogP contribution in [-0.2, 0) is 11.2 Å². The van der Waals surface area contributed by atoms with E-state index >= 15 is 0 Å². The lowest BCUT2D eigenvalue weighted by Gasteiger charge is -2.18. The number of carbonyl (C=O) groups is 1. The SMILES string of the molecule is Cl.O=C1CCc2cc(-c3cn4ccccc4n3)cc(Cl)c2N1. The fraction of sp³-hybridized carbons (Fsp3) is 0.125. The predicted octanol–water partition coefficient (Wildman–Crippen LogP) is 3.96. The maximum absolute atomic E-state index is 11.5. The van der Waals surface area contributed by atoms with Crippen molar-refractivity contribution < 1.29 is 4.79 Å². The molecule has 1 aliphatic heterocycles. The molecule has 0 saturated carbocycles. The minimum absolute atomic E-state index is 0. The Hall–Kier alpha value is -2.04. The Labute approximate surface area is 138 Å². The number of anilines is 1. The maximum Gasteiger partial charge on any atom is 0.224 e. The third kappa shape index (κ3) is 2.45. The summed E-state index contributed by atoms with van der Waals surface area (Å²) >= 11 is 6.31. The first-order valence-electron chi connectivity index (χ1n) is 6.77. The van der Waals surface area contributed by atoms with Crippen LogP contribution >= 0.6 is 24.0 Å². The van der Waals surface area contributed by atoms with E-state index in [1.807, 2.05) is 41.1 Å².